The predicted octanol–water partition coefficient (Wildman–Crippen LogP) is -0.445. The van der Waals surface area contributed by atoms with Gasteiger partial charge in [-0.3, -0.25) is 9.69 Å². The van der Waals surface area contributed by atoms with Crippen molar-refractivity contribution in [3.8, 4) is 0 Å². The molecule has 0 atom stereocenters. The molecule has 0 aliphatic carbocycles. The number of rotatable bonds is 3. The van der Waals surface area contributed by atoms with Gasteiger partial charge in [0.2, 0.25) is 4.96 Å². The zero-order valence-electron chi connectivity index (χ0n) is 9.46. The van der Waals surface area contributed by atoms with Crippen molar-refractivity contribution in [2.24, 2.45) is 0 Å². The summed E-state index contributed by atoms with van der Waals surface area (Å²) < 4.78 is 1.33. The van der Waals surface area contributed by atoms with Crippen LogP contribution in [0.1, 0.15) is 5.69 Å². The number of nitrogens with one attached hydrogen (secondary N) is 1. The molecule has 0 aromatic carbocycles. The first-order valence-corrected chi connectivity index (χ1v) is 6.35. The van der Waals surface area contributed by atoms with E-state index < -0.39 is 0 Å². The molecule has 0 spiro atoms. The number of hydrogen-bond donors (Lipinski definition) is 1. The summed E-state index contributed by atoms with van der Waals surface area (Å²) in [4.78, 5) is 19.0. The Labute approximate surface area is 102 Å². The Kier molecular flexibility index (Phi) is 2.65. The molecule has 2 aromatic rings. The molecular formula is C10H13N5OS. The molecule has 1 saturated heterocycles. The van der Waals surface area contributed by atoms with Gasteiger partial charge in [0.15, 0.2) is 0 Å². The fraction of sp³-hybridized carbons (Fsp3) is 0.500. The molecule has 1 aliphatic heterocycles. The predicted molar refractivity (Wildman–Crippen MR) is 65.3 cm³/mol. The fourth-order valence-corrected chi connectivity index (χ4v) is 2.49. The molecule has 0 bridgehead atoms. The van der Waals surface area contributed by atoms with Crippen LogP contribution in [-0.4, -0.2) is 45.7 Å². The SMILES string of the molecule is CN(Cc1cc(=O)n2ncsc2n1)C1CNC1. The van der Waals surface area contributed by atoms with Gasteiger partial charge in [0, 0.05) is 31.7 Å². The first-order valence-electron chi connectivity index (χ1n) is 5.47. The summed E-state index contributed by atoms with van der Waals surface area (Å²) in [6, 6.07) is 2.12. The second-order valence-corrected chi connectivity index (χ2v) is 5.06. The number of aromatic nitrogens is 3. The summed E-state index contributed by atoms with van der Waals surface area (Å²) in [5.41, 5.74) is 2.34. The third-order valence-corrected chi connectivity index (χ3v) is 3.71. The summed E-state index contributed by atoms with van der Waals surface area (Å²) in [6.45, 7) is 2.73. The molecule has 1 N–H and O–H groups in total. The maximum Gasteiger partial charge on any atom is 0.275 e. The van der Waals surface area contributed by atoms with Crippen LogP contribution in [0.3, 0.4) is 0 Å². The Hall–Kier alpha value is -1.31. The first kappa shape index (κ1) is 10.8. The number of likely N-dealkylation sites (N-methyl/N-ethyl adjacent to an activating group) is 1. The van der Waals surface area contributed by atoms with E-state index in [2.05, 4.69) is 27.3 Å². The van der Waals surface area contributed by atoms with E-state index in [0.717, 1.165) is 18.8 Å². The standard InChI is InChI=1S/C10H13N5OS/c1-14(8-3-11-4-8)5-7-2-9(16)15-10(13-7)17-6-12-15/h2,6,8,11H,3-5H2,1H3. The Bertz CT molecular complexity index is 588. The molecule has 0 unspecified atom stereocenters. The highest BCUT2D eigenvalue weighted by atomic mass is 32.1. The van der Waals surface area contributed by atoms with Crippen molar-refractivity contribution in [1.82, 2.24) is 24.8 Å². The lowest BCUT2D eigenvalue weighted by molar-refractivity contribution is 0.171. The van der Waals surface area contributed by atoms with Crippen molar-refractivity contribution in [1.29, 1.82) is 0 Å². The summed E-state index contributed by atoms with van der Waals surface area (Å²) in [6.07, 6.45) is 0. The molecule has 2 aromatic heterocycles. The second-order valence-electron chi connectivity index (χ2n) is 4.25. The summed E-state index contributed by atoms with van der Waals surface area (Å²) in [5.74, 6) is 0. The van der Waals surface area contributed by atoms with Gasteiger partial charge < -0.3 is 5.32 Å². The molecule has 0 amide bonds. The maximum absolute atomic E-state index is 11.7. The minimum atomic E-state index is -0.105. The van der Waals surface area contributed by atoms with Crippen LogP contribution in [0.4, 0.5) is 0 Å². The molecule has 0 saturated carbocycles. The number of hydrogen-bond acceptors (Lipinski definition) is 6. The van der Waals surface area contributed by atoms with Crippen LogP contribution in [0.25, 0.3) is 4.96 Å². The van der Waals surface area contributed by atoms with Gasteiger partial charge in [0.05, 0.1) is 5.69 Å². The van der Waals surface area contributed by atoms with Crippen molar-refractivity contribution in [3.63, 3.8) is 0 Å². The average molecular weight is 251 g/mol. The van der Waals surface area contributed by atoms with Crippen LogP contribution in [-0.2, 0) is 6.54 Å². The second kappa shape index (κ2) is 4.17. The van der Waals surface area contributed by atoms with Gasteiger partial charge in [-0.25, -0.2) is 4.98 Å². The lowest BCUT2D eigenvalue weighted by atomic mass is 10.1. The fourth-order valence-electron chi connectivity index (χ4n) is 1.85. The Morgan fingerprint density at radius 2 is 2.47 bits per heavy atom. The van der Waals surface area contributed by atoms with E-state index >= 15 is 0 Å². The van der Waals surface area contributed by atoms with Gasteiger partial charge in [0.25, 0.3) is 5.56 Å². The molecule has 1 aliphatic rings. The highest BCUT2D eigenvalue weighted by Gasteiger charge is 2.21. The summed E-state index contributed by atoms with van der Waals surface area (Å²) in [5, 5.41) is 7.17. The van der Waals surface area contributed by atoms with Crippen molar-refractivity contribution in [2.75, 3.05) is 20.1 Å². The minimum absolute atomic E-state index is 0.105. The van der Waals surface area contributed by atoms with E-state index in [1.54, 1.807) is 11.6 Å². The Morgan fingerprint density at radius 3 is 3.18 bits per heavy atom. The number of nitrogens with zero attached hydrogens (tertiary/aromatic N) is 4. The monoisotopic (exact) mass is 251 g/mol. The molecular weight excluding hydrogens is 238 g/mol. The zero-order chi connectivity index (χ0) is 11.8. The molecule has 0 radical (unpaired) electrons. The van der Waals surface area contributed by atoms with E-state index in [1.165, 1.54) is 15.9 Å². The smallest absolute Gasteiger partial charge is 0.275 e. The van der Waals surface area contributed by atoms with E-state index in [0.29, 0.717) is 17.5 Å². The van der Waals surface area contributed by atoms with E-state index in [-0.39, 0.29) is 5.56 Å². The molecule has 90 valence electrons. The van der Waals surface area contributed by atoms with Crippen molar-refractivity contribution in [3.05, 3.63) is 27.6 Å². The average Bonchev–Trinajstić information content (AvgIpc) is 2.62. The topological polar surface area (TPSA) is 62.5 Å². The molecule has 3 rings (SSSR count). The van der Waals surface area contributed by atoms with Gasteiger partial charge in [-0.05, 0) is 7.05 Å². The molecule has 1 fully saturated rings. The quantitative estimate of drug-likeness (QED) is 0.801. The maximum atomic E-state index is 11.7. The molecule has 6 nitrogen and oxygen atoms in total. The van der Waals surface area contributed by atoms with Crippen LogP contribution in [0, 0.1) is 0 Å². The Balaban J connectivity index is 1.87. The third-order valence-electron chi connectivity index (χ3n) is 3.03. The van der Waals surface area contributed by atoms with Gasteiger partial charge >= 0.3 is 0 Å². The summed E-state index contributed by atoms with van der Waals surface area (Å²) >= 11 is 1.38. The lowest BCUT2D eigenvalue weighted by Crippen LogP contribution is -2.55. The van der Waals surface area contributed by atoms with Crippen molar-refractivity contribution in [2.45, 2.75) is 12.6 Å². The van der Waals surface area contributed by atoms with Gasteiger partial charge in [-0.15, -0.1) is 0 Å². The van der Waals surface area contributed by atoms with Gasteiger partial charge in [-0.1, -0.05) is 11.3 Å². The molecule has 7 heteroatoms. The van der Waals surface area contributed by atoms with Crippen LogP contribution >= 0.6 is 11.3 Å². The van der Waals surface area contributed by atoms with Crippen molar-refractivity contribution >= 4 is 16.3 Å². The van der Waals surface area contributed by atoms with Gasteiger partial charge in [0.1, 0.15) is 5.51 Å². The Morgan fingerprint density at radius 1 is 1.65 bits per heavy atom. The molecule has 3 heterocycles. The summed E-state index contributed by atoms with van der Waals surface area (Å²) in [7, 11) is 2.06. The van der Waals surface area contributed by atoms with Crippen LogP contribution in [0.15, 0.2) is 16.4 Å². The largest absolute Gasteiger partial charge is 0.314 e. The van der Waals surface area contributed by atoms with E-state index in [4.69, 9.17) is 0 Å². The molecule has 17 heavy (non-hydrogen) atoms. The third kappa shape index (κ3) is 1.97. The normalized spacial score (nSPS) is 16.6. The zero-order valence-corrected chi connectivity index (χ0v) is 10.3. The van der Waals surface area contributed by atoms with Crippen molar-refractivity contribution < 1.29 is 0 Å². The van der Waals surface area contributed by atoms with Crippen LogP contribution < -0.4 is 10.9 Å². The highest BCUT2D eigenvalue weighted by Crippen LogP contribution is 2.08. The number of fused-ring (bicyclic) bond motifs is 1. The minimum Gasteiger partial charge on any atom is -0.314 e. The van der Waals surface area contributed by atoms with Crippen LogP contribution in [0.5, 0.6) is 0 Å². The van der Waals surface area contributed by atoms with E-state index in [9.17, 15) is 4.79 Å². The lowest BCUT2D eigenvalue weighted by Gasteiger charge is -2.35. The first-order chi connectivity index (χ1) is 8.24. The highest BCUT2D eigenvalue weighted by molar-refractivity contribution is 7.14. The van der Waals surface area contributed by atoms with E-state index in [1.807, 2.05) is 0 Å². The van der Waals surface area contributed by atoms with Crippen LogP contribution in [0.2, 0.25) is 0 Å². The van der Waals surface area contributed by atoms with Gasteiger partial charge in [-0.2, -0.15) is 9.61 Å².